The molecule has 0 radical (unpaired) electrons. The van der Waals surface area contributed by atoms with E-state index in [1.165, 1.54) is 19.3 Å². The van der Waals surface area contributed by atoms with E-state index >= 15 is 0 Å². The molecule has 4 nitrogen and oxygen atoms in total. The fraction of sp³-hybridized carbons (Fsp3) is 1.00. The zero-order chi connectivity index (χ0) is 16.1. The summed E-state index contributed by atoms with van der Waals surface area (Å²) in [6.07, 6.45) is 6.05. The van der Waals surface area contributed by atoms with E-state index < -0.39 is 0 Å². The van der Waals surface area contributed by atoms with Crippen molar-refractivity contribution >= 4 is 0 Å². The van der Waals surface area contributed by atoms with Crippen molar-refractivity contribution < 1.29 is 5.11 Å². The summed E-state index contributed by atoms with van der Waals surface area (Å²) >= 11 is 0. The predicted molar refractivity (Wildman–Crippen MR) is 90.8 cm³/mol. The van der Waals surface area contributed by atoms with Gasteiger partial charge in [0.2, 0.25) is 0 Å². The van der Waals surface area contributed by atoms with Gasteiger partial charge >= 0.3 is 0 Å². The maximum atomic E-state index is 9.73. The van der Waals surface area contributed by atoms with Crippen molar-refractivity contribution in [2.45, 2.75) is 70.0 Å². The molecule has 0 amide bonds. The van der Waals surface area contributed by atoms with Crippen LogP contribution in [0, 0.1) is 0 Å². The minimum absolute atomic E-state index is 0.172. The van der Waals surface area contributed by atoms with Crippen molar-refractivity contribution in [3.05, 3.63) is 0 Å². The molecule has 4 heteroatoms. The summed E-state index contributed by atoms with van der Waals surface area (Å²) in [4.78, 5) is 4.88. The Morgan fingerprint density at radius 3 is 2.29 bits per heavy atom. The van der Waals surface area contributed by atoms with E-state index in [4.69, 9.17) is 0 Å². The summed E-state index contributed by atoms with van der Waals surface area (Å²) in [5, 5.41) is 13.2. The first kappa shape index (κ1) is 18.9. The van der Waals surface area contributed by atoms with Crippen LogP contribution in [0.3, 0.4) is 0 Å². The SMILES string of the molecule is CCCNC(C)(CO)CC(C)N(C)CC1(N(C)C)CCC1. The van der Waals surface area contributed by atoms with Gasteiger partial charge in [-0.15, -0.1) is 0 Å². The van der Waals surface area contributed by atoms with Crippen LogP contribution in [0.15, 0.2) is 0 Å². The Kier molecular flexibility index (Phi) is 7.11. The number of likely N-dealkylation sites (N-methyl/N-ethyl adjacent to an activating group) is 2. The van der Waals surface area contributed by atoms with Crippen LogP contribution in [0.5, 0.6) is 0 Å². The van der Waals surface area contributed by atoms with Crippen LogP contribution in [0.4, 0.5) is 0 Å². The van der Waals surface area contributed by atoms with Crippen LogP contribution >= 0.6 is 0 Å². The summed E-state index contributed by atoms with van der Waals surface area (Å²) < 4.78 is 0. The van der Waals surface area contributed by atoms with Gasteiger partial charge in [0.15, 0.2) is 0 Å². The second-order valence-electron chi connectivity index (χ2n) is 7.59. The van der Waals surface area contributed by atoms with E-state index in [0.29, 0.717) is 11.6 Å². The van der Waals surface area contributed by atoms with Crippen molar-refractivity contribution in [1.82, 2.24) is 15.1 Å². The Hall–Kier alpha value is -0.160. The highest BCUT2D eigenvalue weighted by Crippen LogP contribution is 2.37. The number of hydrogen-bond donors (Lipinski definition) is 2. The van der Waals surface area contributed by atoms with Crippen molar-refractivity contribution in [3.8, 4) is 0 Å². The van der Waals surface area contributed by atoms with E-state index in [1.54, 1.807) is 0 Å². The molecule has 0 spiro atoms. The second-order valence-corrected chi connectivity index (χ2v) is 7.59. The molecule has 1 fully saturated rings. The Bertz CT molecular complexity index is 304. The molecule has 1 aliphatic carbocycles. The predicted octanol–water partition coefficient (Wildman–Crippen LogP) is 1.93. The molecule has 1 aliphatic rings. The largest absolute Gasteiger partial charge is 0.394 e. The molecule has 0 aromatic rings. The van der Waals surface area contributed by atoms with Crippen LogP contribution in [0.2, 0.25) is 0 Å². The van der Waals surface area contributed by atoms with Gasteiger partial charge in [-0.3, -0.25) is 0 Å². The van der Waals surface area contributed by atoms with Gasteiger partial charge in [0.1, 0.15) is 0 Å². The lowest BCUT2D eigenvalue weighted by Gasteiger charge is -2.50. The molecule has 0 bridgehead atoms. The summed E-state index contributed by atoms with van der Waals surface area (Å²) in [7, 11) is 6.64. The number of rotatable bonds is 10. The van der Waals surface area contributed by atoms with Crippen molar-refractivity contribution in [2.24, 2.45) is 0 Å². The van der Waals surface area contributed by atoms with Crippen molar-refractivity contribution in [2.75, 3.05) is 40.8 Å². The molecule has 0 aromatic heterocycles. The maximum absolute atomic E-state index is 9.73. The monoisotopic (exact) mass is 299 g/mol. The number of hydrogen-bond acceptors (Lipinski definition) is 4. The van der Waals surface area contributed by atoms with Crippen LogP contribution in [-0.2, 0) is 0 Å². The zero-order valence-electron chi connectivity index (χ0n) is 15.1. The molecule has 2 atom stereocenters. The maximum Gasteiger partial charge on any atom is 0.0611 e. The lowest BCUT2D eigenvalue weighted by atomic mass is 9.75. The number of aliphatic hydroxyl groups is 1. The highest BCUT2D eigenvalue weighted by molar-refractivity contribution is 4.99. The summed E-state index contributed by atoms with van der Waals surface area (Å²) in [5.41, 5.74) is 0.198. The number of nitrogens with one attached hydrogen (secondary N) is 1. The van der Waals surface area contributed by atoms with Crippen LogP contribution < -0.4 is 5.32 Å². The van der Waals surface area contributed by atoms with Gasteiger partial charge in [-0.2, -0.15) is 0 Å². The smallest absolute Gasteiger partial charge is 0.0611 e. The third kappa shape index (κ3) is 4.92. The minimum Gasteiger partial charge on any atom is -0.394 e. The fourth-order valence-electron chi connectivity index (χ4n) is 3.38. The summed E-state index contributed by atoms with van der Waals surface area (Å²) in [5.74, 6) is 0. The van der Waals surface area contributed by atoms with E-state index in [-0.39, 0.29) is 12.1 Å². The van der Waals surface area contributed by atoms with Crippen molar-refractivity contribution in [3.63, 3.8) is 0 Å². The lowest BCUT2D eigenvalue weighted by Crippen LogP contribution is -2.59. The van der Waals surface area contributed by atoms with Crippen molar-refractivity contribution in [1.29, 1.82) is 0 Å². The highest BCUT2D eigenvalue weighted by Gasteiger charge is 2.40. The third-order valence-electron chi connectivity index (χ3n) is 5.43. The Balaban J connectivity index is 2.55. The Labute approximate surface area is 131 Å². The molecule has 1 saturated carbocycles. The van der Waals surface area contributed by atoms with Crippen LogP contribution in [0.1, 0.15) is 52.9 Å². The zero-order valence-corrected chi connectivity index (χ0v) is 15.1. The molecule has 0 aliphatic heterocycles. The van der Waals surface area contributed by atoms with Gasteiger partial charge < -0.3 is 20.2 Å². The van der Waals surface area contributed by atoms with Crippen LogP contribution in [0.25, 0.3) is 0 Å². The standard InChI is InChI=1S/C17H37N3O/c1-7-11-18-16(3,14-21)12-15(2)20(6)13-17(19(4)5)9-8-10-17/h15,18,21H,7-14H2,1-6H3. The number of nitrogens with zero attached hydrogens (tertiary/aromatic N) is 2. The quantitative estimate of drug-likeness (QED) is 0.646. The fourth-order valence-corrected chi connectivity index (χ4v) is 3.38. The molecule has 2 unspecified atom stereocenters. The van der Waals surface area contributed by atoms with E-state index in [9.17, 15) is 5.11 Å². The normalized spacial score (nSPS) is 22.1. The highest BCUT2D eigenvalue weighted by atomic mass is 16.3. The van der Waals surface area contributed by atoms with Gasteiger partial charge in [-0.05, 0) is 73.6 Å². The topological polar surface area (TPSA) is 38.7 Å². The first-order chi connectivity index (χ1) is 9.78. The van der Waals surface area contributed by atoms with Crippen LogP contribution in [-0.4, -0.2) is 72.9 Å². The molecular weight excluding hydrogens is 262 g/mol. The first-order valence-electron chi connectivity index (χ1n) is 8.52. The average Bonchev–Trinajstić information content (AvgIpc) is 2.39. The van der Waals surface area contributed by atoms with E-state index in [2.05, 4.69) is 57.0 Å². The van der Waals surface area contributed by atoms with Gasteiger partial charge in [0.25, 0.3) is 0 Å². The molecule has 2 N–H and O–H groups in total. The van der Waals surface area contributed by atoms with Gasteiger partial charge in [0.05, 0.1) is 6.61 Å². The minimum atomic E-state index is -0.172. The Morgan fingerprint density at radius 2 is 1.90 bits per heavy atom. The molecular formula is C17H37N3O. The molecule has 126 valence electrons. The molecule has 0 aromatic carbocycles. The average molecular weight is 300 g/mol. The van der Waals surface area contributed by atoms with E-state index in [1.807, 2.05) is 0 Å². The van der Waals surface area contributed by atoms with Gasteiger partial charge in [0, 0.05) is 23.7 Å². The molecule has 0 heterocycles. The first-order valence-corrected chi connectivity index (χ1v) is 8.52. The molecule has 21 heavy (non-hydrogen) atoms. The summed E-state index contributed by atoms with van der Waals surface area (Å²) in [6.45, 7) is 8.87. The van der Waals surface area contributed by atoms with Gasteiger partial charge in [-0.1, -0.05) is 6.92 Å². The third-order valence-corrected chi connectivity index (χ3v) is 5.43. The second kappa shape index (κ2) is 7.91. The lowest BCUT2D eigenvalue weighted by molar-refractivity contribution is 0.0117. The van der Waals surface area contributed by atoms with E-state index in [0.717, 1.165) is 25.9 Å². The van der Waals surface area contributed by atoms with Gasteiger partial charge in [-0.25, -0.2) is 0 Å². The summed E-state index contributed by atoms with van der Waals surface area (Å²) in [6, 6.07) is 0.462. The molecule has 1 rings (SSSR count). The Morgan fingerprint density at radius 1 is 1.29 bits per heavy atom. The number of aliphatic hydroxyl groups excluding tert-OH is 1. The molecule has 0 saturated heterocycles.